The topological polar surface area (TPSA) is 104 Å². The second-order valence-electron chi connectivity index (χ2n) is 4.29. The number of aliphatic carboxylic acids is 2. The van der Waals surface area contributed by atoms with E-state index in [2.05, 4.69) is 0 Å². The zero-order valence-electron chi connectivity index (χ0n) is 9.50. The van der Waals surface area contributed by atoms with Crippen molar-refractivity contribution < 1.29 is 29.3 Å². The van der Waals surface area contributed by atoms with Crippen LogP contribution in [-0.4, -0.2) is 62.8 Å². The molecular formula is C10H13NO6S. The summed E-state index contributed by atoms with van der Waals surface area (Å²) < 4.78 is 3.81. The molecule has 0 aliphatic carbocycles. The van der Waals surface area contributed by atoms with Gasteiger partial charge in [0.2, 0.25) is 5.91 Å². The van der Waals surface area contributed by atoms with Gasteiger partial charge in [-0.3, -0.25) is 9.59 Å². The Hall–Kier alpha value is -1.28. The zero-order chi connectivity index (χ0) is 13.3. The Labute approximate surface area is 107 Å². The number of carbonyl (C=O) groups excluding carboxylic acids is 1. The smallest absolute Gasteiger partial charge is 0.329 e. The molecule has 0 bridgehead atoms. The van der Waals surface area contributed by atoms with Crippen LogP contribution in [0.3, 0.4) is 0 Å². The van der Waals surface area contributed by atoms with E-state index in [0.29, 0.717) is 6.42 Å². The number of nitrogens with zero attached hydrogens (tertiary/aromatic N) is 1. The number of amides is 1. The molecule has 7 nitrogen and oxygen atoms in total. The van der Waals surface area contributed by atoms with E-state index in [-0.39, 0.29) is 30.9 Å². The van der Waals surface area contributed by atoms with Crippen molar-refractivity contribution in [2.75, 3.05) is 19.8 Å². The molecule has 1 amide bonds. The Morgan fingerprint density at radius 2 is 2.22 bits per heavy atom. The summed E-state index contributed by atoms with van der Waals surface area (Å²) in [4.78, 5) is 34.4. The minimum Gasteiger partial charge on any atom is -0.480 e. The molecule has 0 aromatic rings. The van der Waals surface area contributed by atoms with Gasteiger partial charge in [0.05, 0.1) is 11.8 Å². The fourth-order valence-electron chi connectivity index (χ4n) is 2.05. The maximum absolute atomic E-state index is 11.3. The molecular weight excluding hydrogens is 262 g/mol. The fourth-order valence-corrected chi connectivity index (χ4v) is 3.63. The molecule has 0 spiro atoms. The van der Waals surface area contributed by atoms with Crippen LogP contribution in [0.1, 0.15) is 12.8 Å². The van der Waals surface area contributed by atoms with Crippen LogP contribution in [0.4, 0.5) is 0 Å². The highest BCUT2D eigenvalue weighted by Crippen LogP contribution is 2.48. The molecule has 2 aliphatic rings. The number of rotatable bonds is 6. The summed E-state index contributed by atoms with van der Waals surface area (Å²) in [5.74, 6) is -2.09. The number of fused-ring (bicyclic) bond motifs is 1. The van der Waals surface area contributed by atoms with Crippen LogP contribution >= 0.6 is 11.8 Å². The largest absolute Gasteiger partial charge is 0.480 e. The molecule has 0 radical (unpaired) electrons. The van der Waals surface area contributed by atoms with Crippen molar-refractivity contribution >= 4 is 29.6 Å². The molecule has 2 fully saturated rings. The SMILES string of the molecule is O=C(O)COCCC1(C(=O)O)CN2C(=O)C[C@H]2S1. The summed E-state index contributed by atoms with van der Waals surface area (Å²) in [5, 5.41) is 17.7. The zero-order valence-corrected chi connectivity index (χ0v) is 10.3. The lowest BCUT2D eigenvalue weighted by Crippen LogP contribution is -2.49. The number of ether oxygens (including phenoxy) is 1. The number of β-lactam (4-membered cyclic amide) rings is 1. The van der Waals surface area contributed by atoms with Crippen LogP contribution in [0.25, 0.3) is 0 Å². The van der Waals surface area contributed by atoms with Gasteiger partial charge in [-0.05, 0) is 6.42 Å². The van der Waals surface area contributed by atoms with Gasteiger partial charge in [0.15, 0.2) is 0 Å². The van der Waals surface area contributed by atoms with E-state index in [4.69, 9.17) is 9.84 Å². The third-order valence-corrected chi connectivity index (χ3v) is 4.72. The summed E-state index contributed by atoms with van der Waals surface area (Å²) in [6.07, 6.45) is 0.580. The molecule has 2 rings (SSSR count). The first-order valence-electron chi connectivity index (χ1n) is 5.45. The predicted octanol–water partition coefficient (Wildman–Crippen LogP) is -0.394. The molecule has 0 saturated carbocycles. The lowest BCUT2D eigenvalue weighted by Gasteiger charge is -2.32. The maximum Gasteiger partial charge on any atom is 0.329 e. The van der Waals surface area contributed by atoms with Gasteiger partial charge in [0, 0.05) is 13.2 Å². The van der Waals surface area contributed by atoms with Gasteiger partial charge in [-0.1, -0.05) is 0 Å². The summed E-state index contributed by atoms with van der Waals surface area (Å²) in [6, 6.07) is 0. The first kappa shape index (κ1) is 13.2. The molecule has 0 aromatic carbocycles. The van der Waals surface area contributed by atoms with Gasteiger partial charge in [0.1, 0.15) is 11.4 Å². The van der Waals surface area contributed by atoms with E-state index in [1.165, 1.54) is 11.8 Å². The van der Waals surface area contributed by atoms with Gasteiger partial charge < -0.3 is 19.8 Å². The van der Waals surface area contributed by atoms with E-state index < -0.39 is 23.3 Å². The standard InChI is InChI=1S/C10H13NO6S/c12-6-3-7-11(6)5-10(18-7,9(15)16)1-2-17-4-8(13)14/h7H,1-5H2,(H,13,14)(H,15,16)/t7-,10?/m1/s1. The molecule has 2 heterocycles. The number of carboxylic acids is 2. The van der Waals surface area contributed by atoms with Crippen molar-refractivity contribution in [2.45, 2.75) is 23.0 Å². The Bertz CT molecular complexity index is 400. The highest BCUT2D eigenvalue weighted by molar-refractivity contribution is 8.02. The summed E-state index contributed by atoms with van der Waals surface area (Å²) in [5.41, 5.74) is 0. The normalized spacial score (nSPS) is 29.9. The molecule has 2 saturated heterocycles. The third-order valence-electron chi connectivity index (χ3n) is 3.07. The first-order valence-corrected chi connectivity index (χ1v) is 6.33. The monoisotopic (exact) mass is 275 g/mol. The van der Waals surface area contributed by atoms with Crippen LogP contribution in [-0.2, 0) is 19.1 Å². The maximum atomic E-state index is 11.3. The van der Waals surface area contributed by atoms with Crippen LogP contribution < -0.4 is 0 Å². The van der Waals surface area contributed by atoms with Crippen molar-refractivity contribution in [3.05, 3.63) is 0 Å². The van der Waals surface area contributed by atoms with Crippen LogP contribution in [0.15, 0.2) is 0 Å². The molecule has 1 unspecified atom stereocenters. The highest BCUT2D eigenvalue weighted by atomic mass is 32.2. The van der Waals surface area contributed by atoms with Crippen LogP contribution in [0, 0.1) is 0 Å². The van der Waals surface area contributed by atoms with Crippen molar-refractivity contribution in [1.82, 2.24) is 4.90 Å². The number of carboxylic acid groups (broad SMARTS) is 2. The van der Waals surface area contributed by atoms with E-state index >= 15 is 0 Å². The quantitative estimate of drug-likeness (QED) is 0.502. The second kappa shape index (κ2) is 4.77. The lowest BCUT2D eigenvalue weighted by molar-refractivity contribution is -0.144. The van der Waals surface area contributed by atoms with Crippen molar-refractivity contribution in [3.63, 3.8) is 0 Å². The molecule has 0 aromatic heterocycles. The van der Waals surface area contributed by atoms with E-state index in [1.54, 1.807) is 4.90 Å². The number of carbonyl (C=O) groups is 3. The van der Waals surface area contributed by atoms with Crippen LogP contribution in [0.2, 0.25) is 0 Å². The Kier molecular flexibility index (Phi) is 3.49. The van der Waals surface area contributed by atoms with Crippen LogP contribution in [0.5, 0.6) is 0 Å². The lowest BCUT2D eigenvalue weighted by atomic mass is 10.0. The summed E-state index contributed by atoms with van der Waals surface area (Å²) in [7, 11) is 0. The highest BCUT2D eigenvalue weighted by Gasteiger charge is 2.56. The van der Waals surface area contributed by atoms with Crippen molar-refractivity contribution in [2.24, 2.45) is 0 Å². The minimum atomic E-state index is -1.09. The number of hydrogen-bond acceptors (Lipinski definition) is 5. The van der Waals surface area contributed by atoms with Gasteiger partial charge in [-0.25, -0.2) is 4.79 Å². The first-order chi connectivity index (χ1) is 8.44. The van der Waals surface area contributed by atoms with E-state index in [0.717, 1.165) is 0 Å². The van der Waals surface area contributed by atoms with Gasteiger partial charge >= 0.3 is 11.9 Å². The van der Waals surface area contributed by atoms with Gasteiger partial charge in [-0.15, -0.1) is 11.8 Å². The second-order valence-corrected chi connectivity index (χ2v) is 5.86. The molecule has 2 atom stereocenters. The fraction of sp³-hybridized carbons (Fsp3) is 0.700. The number of hydrogen-bond donors (Lipinski definition) is 2. The van der Waals surface area contributed by atoms with E-state index in [9.17, 15) is 19.5 Å². The molecule has 100 valence electrons. The Morgan fingerprint density at radius 1 is 1.50 bits per heavy atom. The Balaban J connectivity index is 1.90. The predicted molar refractivity (Wildman–Crippen MR) is 61.1 cm³/mol. The average Bonchev–Trinajstić information content (AvgIpc) is 2.59. The molecule has 8 heteroatoms. The average molecular weight is 275 g/mol. The van der Waals surface area contributed by atoms with Gasteiger partial charge in [0.25, 0.3) is 0 Å². The molecule has 2 aliphatic heterocycles. The van der Waals surface area contributed by atoms with Gasteiger partial charge in [-0.2, -0.15) is 0 Å². The Morgan fingerprint density at radius 3 is 2.72 bits per heavy atom. The van der Waals surface area contributed by atoms with E-state index in [1.807, 2.05) is 0 Å². The summed E-state index contributed by atoms with van der Waals surface area (Å²) >= 11 is 1.26. The summed E-state index contributed by atoms with van der Waals surface area (Å²) in [6.45, 7) is -0.209. The van der Waals surface area contributed by atoms with Crippen molar-refractivity contribution in [1.29, 1.82) is 0 Å². The number of thioether (sulfide) groups is 1. The molecule has 18 heavy (non-hydrogen) atoms. The van der Waals surface area contributed by atoms with Crippen molar-refractivity contribution in [3.8, 4) is 0 Å². The third kappa shape index (κ3) is 2.30. The molecule has 2 N–H and O–H groups in total. The minimum absolute atomic E-state index is 0.0259.